The lowest BCUT2D eigenvalue weighted by Crippen LogP contribution is -2.70. The van der Waals surface area contributed by atoms with Gasteiger partial charge < -0.3 is 29.9 Å². The van der Waals surface area contributed by atoms with E-state index in [0.717, 1.165) is 38.7 Å². The minimum Gasteiger partial charge on any atom is -0.390 e. The summed E-state index contributed by atoms with van der Waals surface area (Å²) in [7, 11) is 0. The fourth-order valence-electron chi connectivity index (χ4n) is 10.3. The van der Waals surface area contributed by atoms with Crippen LogP contribution in [-0.4, -0.2) is 62.8 Å². The third-order valence-electron chi connectivity index (χ3n) is 12.2. The summed E-state index contributed by atoms with van der Waals surface area (Å²) in [6.45, 7) is 9.90. The molecule has 0 aromatic heterocycles. The average molecular weight is 465 g/mol. The summed E-state index contributed by atoms with van der Waals surface area (Å²) >= 11 is 0. The lowest BCUT2D eigenvalue weighted by molar-refractivity contribution is -0.286. The Bertz CT molecular complexity index is 795. The van der Waals surface area contributed by atoms with E-state index in [2.05, 4.69) is 27.7 Å². The number of rotatable bonds is 0. The predicted molar refractivity (Wildman–Crippen MR) is 122 cm³/mol. The molecule has 2 aliphatic heterocycles. The highest BCUT2D eigenvalue weighted by atomic mass is 16.7. The van der Waals surface area contributed by atoms with Gasteiger partial charge in [-0.25, -0.2) is 0 Å². The average Bonchev–Trinajstić information content (AvgIpc) is 3.19. The molecule has 188 valence electrons. The molecule has 6 heteroatoms. The maximum absolute atomic E-state index is 11.7. The van der Waals surface area contributed by atoms with Crippen LogP contribution in [0.3, 0.4) is 0 Å². The summed E-state index contributed by atoms with van der Waals surface area (Å²) in [5.41, 5.74) is -1.79. The molecule has 33 heavy (non-hydrogen) atoms. The van der Waals surface area contributed by atoms with Crippen LogP contribution in [0.1, 0.15) is 79.1 Å². The van der Waals surface area contributed by atoms with Gasteiger partial charge in [-0.3, -0.25) is 0 Å². The van der Waals surface area contributed by atoms with Crippen molar-refractivity contribution in [3.63, 3.8) is 0 Å². The zero-order valence-electron chi connectivity index (χ0n) is 20.7. The van der Waals surface area contributed by atoms with Crippen LogP contribution in [0.25, 0.3) is 0 Å². The molecule has 0 bridgehead atoms. The van der Waals surface area contributed by atoms with E-state index in [-0.39, 0.29) is 23.9 Å². The predicted octanol–water partition coefficient (Wildman–Crippen LogP) is 2.85. The van der Waals surface area contributed by atoms with Gasteiger partial charge in [0.25, 0.3) is 0 Å². The SMILES string of the molecule is C[C@@H]1CC[C@@]2(OC1)O[C@H]1CC3[C@@H]4C[C@@H](O)[C@@]5(O)C[C@@H](O)[C@H](O)C[C@]5(C)C4CC[C@]3(C)C1[C@@H]2C. The van der Waals surface area contributed by atoms with Gasteiger partial charge in [0.1, 0.15) is 0 Å². The highest BCUT2D eigenvalue weighted by Crippen LogP contribution is 2.71. The van der Waals surface area contributed by atoms with Crippen LogP contribution in [0, 0.1) is 46.3 Å². The van der Waals surface area contributed by atoms with Crippen molar-refractivity contribution < 1.29 is 29.9 Å². The van der Waals surface area contributed by atoms with E-state index in [9.17, 15) is 20.4 Å². The van der Waals surface area contributed by atoms with Gasteiger partial charge in [0.15, 0.2) is 5.79 Å². The molecule has 6 fully saturated rings. The molecule has 2 heterocycles. The largest absolute Gasteiger partial charge is 0.390 e. The summed E-state index contributed by atoms with van der Waals surface area (Å²) in [6.07, 6.45) is 3.71. The van der Waals surface area contributed by atoms with Crippen LogP contribution in [-0.2, 0) is 9.47 Å². The number of hydrogen-bond donors (Lipinski definition) is 4. The molecule has 0 amide bonds. The van der Waals surface area contributed by atoms with Gasteiger partial charge in [-0.2, -0.15) is 0 Å². The van der Waals surface area contributed by atoms with E-state index in [1.165, 1.54) is 0 Å². The van der Waals surface area contributed by atoms with Crippen molar-refractivity contribution in [2.24, 2.45) is 46.3 Å². The molecule has 4 aliphatic carbocycles. The topological polar surface area (TPSA) is 99.4 Å². The van der Waals surface area contributed by atoms with Crippen LogP contribution in [0.5, 0.6) is 0 Å². The van der Waals surface area contributed by atoms with Gasteiger partial charge in [-0.15, -0.1) is 0 Å². The highest BCUT2D eigenvalue weighted by Gasteiger charge is 2.72. The molecule has 1 spiro atoms. The number of ether oxygens (including phenoxy) is 2. The smallest absolute Gasteiger partial charge is 0.171 e. The van der Waals surface area contributed by atoms with Crippen molar-refractivity contribution in [1.82, 2.24) is 0 Å². The second-order valence-electron chi connectivity index (χ2n) is 13.5. The second kappa shape index (κ2) is 7.17. The molecule has 0 radical (unpaired) electrons. The van der Waals surface area contributed by atoms with E-state index >= 15 is 0 Å². The Balaban J connectivity index is 1.30. The number of hydrogen-bond acceptors (Lipinski definition) is 6. The Morgan fingerprint density at radius 3 is 2.30 bits per heavy atom. The molecule has 4 saturated carbocycles. The van der Waals surface area contributed by atoms with E-state index in [1.54, 1.807) is 0 Å². The number of aliphatic hydroxyl groups excluding tert-OH is 3. The number of aliphatic hydroxyl groups is 4. The number of fused-ring (bicyclic) bond motifs is 7. The van der Waals surface area contributed by atoms with Gasteiger partial charge in [0.05, 0.1) is 36.6 Å². The third-order valence-corrected chi connectivity index (χ3v) is 12.2. The summed E-state index contributed by atoms with van der Waals surface area (Å²) in [4.78, 5) is 0. The Morgan fingerprint density at radius 1 is 0.879 bits per heavy atom. The van der Waals surface area contributed by atoms with Gasteiger partial charge in [0, 0.05) is 24.2 Å². The summed E-state index contributed by atoms with van der Waals surface area (Å²) in [6, 6.07) is 0. The monoisotopic (exact) mass is 464 g/mol. The Hall–Kier alpha value is -0.240. The van der Waals surface area contributed by atoms with Crippen LogP contribution in [0.15, 0.2) is 0 Å². The van der Waals surface area contributed by atoms with Crippen molar-refractivity contribution in [3.8, 4) is 0 Å². The molecule has 2 saturated heterocycles. The van der Waals surface area contributed by atoms with Crippen molar-refractivity contribution in [1.29, 1.82) is 0 Å². The molecule has 14 atom stereocenters. The first kappa shape index (κ1) is 23.2. The first-order valence-corrected chi connectivity index (χ1v) is 13.5. The Morgan fingerprint density at radius 2 is 1.61 bits per heavy atom. The first-order valence-electron chi connectivity index (χ1n) is 13.5. The van der Waals surface area contributed by atoms with Gasteiger partial charge in [-0.1, -0.05) is 27.7 Å². The third kappa shape index (κ3) is 2.83. The van der Waals surface area contributed by atoms with Crippen molar-refractivity contribution in [3.05, 3.63) is 0 Å². The lowest BCUT2D eigenvalue weighted by Gasteiger charge is -2.66. The van der Waals surface area contributed by atoms with Crippen LogP contribution in [0.2, 0.25) is 0 Å². The molecule has 6 nitrogen and oxygen atoms in total. The van der Waals surface area contributed by atoms with Crippen LogP contribution < -0.4 is 0 Å². The maximum Gasteiger partial charge on any atom is 0.171 e. The summed E-state index contributed by atoms with van der Waals surface area (Å²) in [5, 5.41) is 43.8. The van der Waals surface area contributed by atoms with Gasteiger partial charge in [-0.05, 0) is 73.5 Å². The van der Waals surface area contributed by atoms with Gasteiger partial charge >= 0.3 is 0 Å². The molecule has 6 rings (SSSR count). The highest BCUT2D eigenvalue weighted by molar-refractivity contribution is 5.20. The fourth-order valence-corrected chi connectivity index (χ4v) is 10.3. The minimum atomic E-state index is -1.34. The Kier molecular flexibility index (Phi) is 5.03. The lowest BCUT2D eigenvalue weighted by atomic mass is 9.42. The van der Waals surface area contributed by atoms with Gasteiger partial charge in [0.2, 0.25) is 0 Å². The quantitative estimate of drug-likeness (QED) is 0.440. The normalized spacial score (nSPS) is 64.7. The van der Waals surface area contributed by atoms with E-state index in [0.29, 0.717) is 42.4 Å². The molecule has 6 aliphatic rings. The molecule has 0 aromatic carbocycles. The fraction of sp³-hybridized carbons (Fsp3) is 1.00. The minimum absolute atomic E-state index is 0.0562. The summed E-state index contributed by atoms with van der Waals surface area (Å²) < 4.78 is 13.2. The maximum atomic E-state index is 11.7. The van der Waals surface area contributed by atoms with Crippen LogP contribution >= 0.6 is 0 Å². The zero-order valence-corrected chi connectivity index (χ0v) is 20.7. The molecule has 3 unspecified atom stereocenters. The van der Waals surface area contributed by atoms with E-state index in [4.69, 9.17) is 9.47 Å². The molecule has 0 aromatic rings. The van der Waals surface area contributed by atoms with Crippen molar-refractivity contribution >= 4 is 0 Å². The second-order valence-corrected chi connectivity index (χ2v) is 13.5. The first-order chi connectivity index (χ1) is 15.5. The van der Waals surface area contributed by atoms with Crippen molar-refractivity contribution in [2.75, 3.05) is 6.61 Å². The Labute approximate surface area is 198 Å². The van der Waals surface area contributed by atoms with Crippen molar-refractivity contribution in [2.45, 2.75) is 115 Å². The molecular formula is C27H44O6. The summed E-state index contributed by atoms with van der Waals surface area (Å²) in [5.74, 6) is 1.97. The standard InChI is InChI=1S/C27H44O6/c1-14-5-8-27(32-13-14)15(2)23-21(33-27)10-18-16-9-22(30)26(31)12-20(29)19(28)11-25(26,4)17(16)6-7-24(18,23)3/h14-23,28-31H,5-13H2,1-4H3/t14-,15+,16-,17?,18?,19-,20-,21+,22-,23?,24+,25-,26+,27-/m1/s1. The van der Waals surface area contributed by atoms with E-state index < -0.39 is 35.1 Å². The molecule has 4 N–H and O–H groups in total. The van der Waals surface area contributed by atoms with Crippen LogP contribution in [0.4, 0.5) is 0 Å². The zero-order chi connectivity index (χ0) is 23.6. The molecular weight excluding hydrogens is 420 g/mol. The van der Waals surface area contributed by atoms with E-state index in [1.807, 2.05) is 0 Å².